The van der Waals surface area contributed by atoms with Crippen molar-refractivity contribution in [3.8, 4) is 5.75 Å². The molecular weight excluding hydrogens is 357 g/mol. The zero-order valence-corrected chi connectivity index (χ0v) is 15.9. The van der Waals surface area contributed by atoms with Crippen molar-refractivity contribution in [2.75, 3.05) is 14.2 Å². The molecule has 4 nitrogen and oxygen atoms in total. The summed E-state index contributed by atoms with van der Waals surface area (Å²) in [7, 11) is 3.36. The molecule has 0 heterocycles. The van der Waals surface area contributed by atoms with Gasteiger partial charge in [0.05, 0.1) is 7.11 Å². The topological polar surface area (TPSA) is 46.6 Å². The van der Waals surface area contributed by atoms with Crippen LogP contribution < -0.4 is 4.74 Å². The van der Waals surface area contributed by atoms with Crippen LogP contribution in [0.25, 0.3) is 10.8 Å². The zero-order chi connectivity index (χ0) is 20.1. The van der Waals surface area contributed by atoms with Gasteiger partial charge in [0.2, 0.25) is 5.91 Å². The van der Waals surface area contributed by atoms with Gasteiger partial charge in [-0.25, -0.2) is 4.39 Å². The van der Waals surface area contributed by atoms with E-state index < -0.39 is 0 Å². The molecule has 0 aromatic heterocycles. The van der Waals surface area contributed by atoms with E-state index >= 15 is 0 Å². The molecule has 0 aliphatic heterocycles. The molecule has 5 heteroatoms. The molecule has 3 aromatic rings. The van der Waals surface area contributed by atoms with Crippen molar-refractivity contribution in [1.82, 2.24) is 4.90 Å². The van der Waals surface area contributed by atoms with E-state index in [1.165, 1.54) is 24.3 Å². The van der Waals surface area contributed by atoms with Crippen LogP contribution in [0.4, 0.5) is 4.39 Å². The van der Waals surface area contributed by atoms with Gasteiger partial charge >= 0.3 is 0 Å². The molecule has 0 N–H and O–H groups in total. The van der Waals surface area contributed by atoms with Crippen molar-refractivity contribution in [2.24, 2.45) is 0 Å². The fourth-order valence-electron chi connectivity index (χ4n) is 3.05. The molecule has 0 aliphatic carbocycles. The summed E-state index contributed by atoms with van der Waals surface area (Å²) in [5.41, 5.74) is 1.43. The Morgan fingerprint density at radius 2 is 1.61 bits per heavy atom. The Morgan fingerprint density at radius 1 is 0.929 bits per heavy atom. The fourth-order valence-corrected chi connectivity index (χ4v) is 3.05. The summed E-state index contributed by atoms with van der Waals surface area (Å²) in [4.78, 5) is 26.1. The molecule has 0 atom stereocenters. The minimum Gasteiger partial charge on any atom is -0.497 e. The van der Waals surface area contributed by atoms with E-state index in [1.54, 1.807) is 19.1 Å². The minimum absolute atomic E-state index is 0.103. The summed E-state index contributed by atoms with van der Waals surface area (Å²) in [6.45, 7) is 0.464. The maximum atomic E-state index is 12.9. The number of hydrogen-bond donors (Lipinski definition) is 0. The minimum atomic E-state index is -0.388. The van der Waals surface area contributed by atoms with Crippen LogP contribution in [-0.4, -0.2) is 30.7 Å². The molecule has 0 aliphatic rings. The van der Waals surface area contributed by atoms with Crippen LogP contribution in [0.5, 0.6) is 5.75 Å². The van der Waals surface area contributed by atoms with Gasteiger partial charge in [-0.2, -0.15) is 0 Å². The van der Waals surface area contributed by atoms with Crippen molar-refractivity contribution < 1.29 is 18.7 Å². The third-order valence-electron chi connectivity index (χ3n) is 4.69. The second kappa shape index (κ2) is 8.65. The summed E-state index contributed by atoms with van der Waals surface area (Å²) >= 11 is 0. The van der Waals surface area contributed by atoms with Gasteiger partial charge in [-0.15, -0.1) is 0 Å². The number of nitrogens with zero attached hydrogens (tertiary/aromatic N) is 1. The van der Waals surface area contributed by atoms with Crippen molar-refractivity contribution in [3.05, 3.63) is 77.6 Å². The second-order valence-corrected chi connectivity index (χ2v) is 6.73. The van der Waals surface area contributed by atoms with E-state index in [0.29, 0.717) is 12.1 Å². The highest BCUT2D eigenvalue weighted by molar-refractivity contribution is 5.97. The van der Waals surface area contributed by atoms with Crippen LogP contribution in [-0.2, 0) is 11.3 Å². The van der Waals surface area contributed by atoms with Crippen LogP contribution in [0.2, 0.25) is 0 Å². The van der Waals surface area contributed by atoms with Crippen molar-refractivity contribution in [3.63, 3.8) is 0 Å². The Morgan fingerprint density at radius 3 is 2.32 bits per heavy atom. The predicted octanol–water partition coefficient (Wildman–Crippen LogP) is 4.61. The second-order valence-electron chi connectivity index (χ2n) is 6.73. The number of ketones is 1. The molecule has 0 bridgehead atoms. The number of rotatable bonds is 7. The molecular formula is C23H22FNO3. The van der Waals surface area contributed by atoms with Gasteiger partial charge in [-0.3, -0.25) is 9.59 Å². The summed E-state index contributed by atoms with van der Waals surface area (Å²) in [5.74, 6) is 0.145. The Kier molecular flexibility index (Phi) is 6.04. The summed E-state index contributed by atoms with van der Waals surface area (Å²) in [5, 5.41) is 2.15. The quantitative estimate of drug-likeness (QED) is 0.563. The third kappa shape index (κ3) is 4.74. The lowest BCUT2D eigenvalue weighted by Crippen LogP contribution is -2.26. The SMILES string of the molecule is COc1ccc2cc(CN(C)C(=O)CCC(=O)c3ccc(F)cc3)ccc2c1. The van der Waals surface area contributed by atoms with Crippen molar-refractivity contribution in [1.29, 1.82) is 0 Å². The Hall–Kier alpha value is -3.21. The first-order valence-corrected chi connectivity index (χ1v) is 9.05. The number of carbonyl (C=O) groups excluding carboxylic acids is 2. The maximum Gasteiger partial charge on any atom is 0.223 e. The molecule has 0 unspecified atom stereocenters. The first-order chi connectivity index (χ1) is 13.5. The van der Waals surface area contributed by atoms with Gasteiger partial charge in [0.25, 0.3) is 0 Å². The molecule has 1 amide bonds. The zero-order valence-electron chi connectivity index (χ0n) is 15.9. The number of amides is 1. The molecule has 28 heavy (non-hydrogen) atoms. The van der Waals surface area contributed by atoms with Crippen molar-refractivity contribution in [2.45, 2.75) is 19.4 Å². The van der Waals surface area contributed by atoms with Gasteiger partial charge in [0, 0.05) is 32.0 Å². The van der Waals surface area contributed by atoms with Gasteiger partial charge in [0.15, 0.2) is 5.78 Å². The molecule has 0 saturated carbocycles. The highest BCUT2D eigenvalue weighted by Crippen LogP contribution is 2.22. The maximum absolute atomic E-state index is 12.9. The molecule has 0 fully saturated rings. The largest absolute Gasteiger partial charge is 0.497 e. The average Bonchev–Trinajstić information content (AvgIpc) is 2.71. The van der Waals surface area contributed by atoms with E-state index in [-0.39, 0.29) is 30.3 Å². The lowest BCUT2D eigenvalue weighted by molar-refractivity contribution is -0.130. The number of ether oxygens (including phenoxy) is 1. The van der Waals surface area contributed by atoms with E-state index in [4.69, 9.17) is 4.74 Å². The molecule has 0 radical (unpaired) electrons. The van der Waals surface area contributed by atoms with E-state index in [0.717, 1.165) is 22.1 Å². The third-order valence-corrected chi connectivity index (χ3v) is 4.69. The number of hydrogen-bond acceptors (Lipinski definition) is 3. The van der Waals surface area contributed by atoms with Crippen LogP contribution in [0.1, 0.15) is 28.8 Å². The van der Waals surface area contributed by atoms with Crippen LogP contribution in [0.15, 0.2) is 60.7 Å². The van der Waals surface area contributed by atoms with Crippen LogP contribution >= 0.6 is 0 Å². The Bertz CT molecular complexity index is 998. The first-order valence-electron chi connectivity index (χ1n) is 9.05. The van der Waals surface area contributed by atoms with Gasteiger partial charge < -0.3 is 9.64 Å². The molecule has 0 spiro atoms. The van der Waals surface area contributed by atoms with Gasteiger partial charge in [-0.1, -0.05) is 18.2 Å². The highest BCUT2D eigenvalue weighted by atomic mass is 19.1. The summed E-state index contributed by atoms with van der Waals surface area (Å²) in [6, 6.07) is 17.3. The van der Waals surface area contributed by atoms with Crippen LogP contribution in [0, 0.1) is 5.82 Å². The predicted molar refractivity (Wildman–Crippen MR) is 107 cm³/mol. The average molecular weight is 379 g/mol. The smallest absolute Gasteiger partial charge is 0.223 e. The number of methoxy groups -OCH3 is 1. The normalized spacial score (nSPS) is 10.7. The first kappa shape index (κ1) is 19.5. The van der Waals surface area contributed by atoms with E-state index in [1.807, 2.05) is 36.4 Å². The number of fused-ring (bicyclic) bond motifs is 1. The number of Topliss-reactive ketones (excluding diaryl/α,β-unsaturated/α-hetero) is 1. The molecule has 0 saturated heterocycles. The van der Waals surface area contributed by atoms with E-state index in [2.05, 4.69) is 0 Å². The molecule has 3 rings (SSSR count). The fraction of sp³-hybridized carbons (Fsp3) is 0.217. The summed E-state index contributed by atoms with van der Waals surface area (Å²) in [6.07, 6.45) is 0.226. The summed E-state index contributed by atoms with van der Waals surface area (Å²) < 4.78 is 18.2. The number of halogens is 1. The Balaban J connectivity index is 1.58. The van der Waals surface area contributed by atoms with E-state index in [9.17, 15) is 14.0 Å². The number of carbonyl (C=O) groups is 2. The number of benzene rings is 3. The van der Waals surface area contributed by atoms with Crippen molar-refractivity contribution >= 4 is 22.5 Å². The van der Waals surface area contributed by atoms with Gasteiger partial charge in [-0.05, 0) is 58.8 Å². The van der Waals surface area contributed by atoms with Gasteiger partial charge in [0.1, 0.15) is 11.6 Å². The molecule has 144 valence electrons. The standard InChI is InChI=1S/C23H22FNO3/c1-25(23(27)12-11-22(26)17-5-8-20(24)9-6-17)15-16-3-4-19-14-21(28-2)10-7-18(19)13-16/h3-10,13-14H,11-12,15H2,1-2H3. The lowest BCUT2D eigenvalue weighted by atomic mass is 10.1. The van der Waals surface area contributed by atoms with Crippen LogP contribution in [0.3, 0.4) is 0 Å². The Labute approximate surface area is 163 Å². The lowest BCUT2D eigenvalue weighted by Gasteiger charge is -2.17. The monoisotopic (exact) mass is 379 g/mol. The highest BCUT2D eigenvalue weighted by Gasteiger charge is 2.13. The molecule has 3 aromatic carbocycles.